The standard InChI is InChI=1S/C19H22N2O4/c1-19(2)14-21(11-12-24-19)18(22)13-23-15-6-8-16(9-7-15)25-17-5-3-4-10-20-17/h3-10H,11-14H2,1-2H3. The molecule has 1 aromatic heterocycles. The number of nitrogens with zero attached hydrogens (tertiary/aromatic N) is 2. The van der Waals surface area contributed by atoms with Crippen LogP contribution in [-0.4, -0.2) is 47.7 Å². The van der Waals surface area contributed by atoms with Crippen LogP contribution in [0.5, 0.6) is 17.4 Å². The molecule has 0 unspecified atom stereocenters. The minimum absolute atomic E-state index is 0.0104. The summed E-state index contributed by atoms with van der Waals surface area (Å²) >= 11 is 0. The van der Waals surface area contributed by atoms with Crippen molar-refractivity contribution in [2.24, 2.45) is 0 Å². The molecule has 1 aromatic carbocycles. The monoisotopic (exact) mass is 342 g/mol. The van der Waals surface area contributed by atoms with E-state index in [1.54, 1.807) is 41.4 Å². The Morgan fingerprint density at radius 1 is 1.20 bits per heavy atom. The van der Waals surface area contributed by atoms with E-state index >= 15 is 0 Å². The van der Waals surface area contributed by atoms with Gasteiger partial charge in [-0.1, -0.05) is 6.07 Å². The van der Waals surface area contributed by atoms with Gasteiger partial charge in [-0.15, -0.1) is 0 Å². The minimum atomic E-state index is -0.307. The van der Waals surface area contributed by atoms with Crippen LogP contribution in [0.25, 0.3) is 0 Å². The van der Waals surface area contributed by atoms with Crippen LogP contribution in [0.3, 0.4) is 0 Å². The summed E-state index contributed by atoms with van der Waals surface area (Å²) in [6.45, 7) is 5.70. The van der Waals surface area contributed by atoms with Crippen molar-refractivity contribution in [3.63, 3.8) is 0 Å². The van der Waals surface area contributed by atoms with Gasteiger partial charge in [-0.05, 0) is 44.2 Å². The topological polar surface area (TPSA) is 60.9 Å². The summed E-state index contributed by atoms with van der Waals surface area (Å²) in [6, 6.07) is 12.6. The van der Waals surface area contributed by atoms with Gasteiger partial charge in [0, 0.05) is 25.4 Å². The summed E-state index contributed by atoms with van der Waals surface area (Å²) in [6.07, 6.45) is 1.67. The molecule has 1 fully saturated rings. The lowest BCUT2D eigenvalue weighted by Crippen LogP contribution is -2.51. The highest BCUT2D eigenvalue weighted by molar-refractivity contribution is 5.78. The Morgan fingerprint density at radius 3 is 2.64 bits per heavy atom. The van der Waals surface area contributed by atoms with Crippen LogP contribution in [0.4, 0.5) is 0 Å². The molecule has 2 aromatic rings. The molecule has 1 aliphatic rings. The molecule has 3 rings (SSSR count). The Labute approximate surface area is 147 Å². The summed E-state index contributed by atoms with van der Waals surface area (Å²) in [4.78, 5) is 18.2. The van der Waals surface area contributed by atoms with Crippen molar-refractivity contribution in [1.29, 1.82) is 0 Å². The number of amides is 1. The number of aromatic nitrogens is 1. The number of carbonyl (C=O) groups is 1. The first kappa shape index (κ1) is 17.2. The van der Waals surface area contributed by atoms with E-state index in [4.69, 9.17) is 14.2 Å². The summed E-state index contributed by atoms with van der Waals surface area (Å²) in [7, 11) is 0. The molecule has 0 radical (unpaired) electrons. The van der Waals surface area contributed by atoms with E-state index in [0.717, 1.165) is 0 Å². The molecule has 6 nitrogen and oxygen atoms in total. The Hall–Kier alpha value is -2.60. The summed E-state index contributed by atoms with van der Waals surface area (Å²) in [5, 5.41) is 0. The average Bonchev–Trinajstić information content (AvgIpc) is 2.61. The lowest BCUT2D eigenvalue weighted by atomic mass is 10.1. The van der Waals surface area contributed by atoms with Gasteiger partial charge in [0.1, 0.15) is 11.5 Å². The molecular weight excluding hydrogens is 320 g/mol. The molecule has 0 aliphatic carbocycles. The van der Waals surface area contributed by atoms with Crippen molar-refractivity contribution in [2.75, 3.05) is 26.3 Å². The molecule has 132 valence electrons. The van der Waals surface area contributed by atoms with Crippen LogP contribution in [-0.2, 0) is 9.53 Å². The summed E-state index contributed by atoms with van der Waals surface area (Å²) in [5.74, 6) is 1.77. The van der Waals surface area contributed by atoms with Crippen molar-refractivity contribution >= 4 is 5.91 Å². The highest BCUT2D eigenvalue weighted by Gasteiger charge is 2.29. The smallest absolute Gasteiger partial charge is 0.260 e. The fourth-order valence-electron chi connectivity index (χ4n) is 2.60. The van der Waals surface area contributed by atoms with Crippen LogP contribution in [0.1, 0.15) is 13.8 Å². The van der Waals surface area contributed by atoms with Crippen molar-refractivity contribution in [3.05, 3.63) is 48.7 Å². The number of benzene rings is 1. The predicted molar refractivity (Wildman–Crippen MR) is 92.9 cm³/mol. The molecule has 2 heterocycles. The van der Waals surface area contributed by atoms with Crippen LogP contribution in [0, 0.1) is 0 Å². The SMILES string of the molecule is CC1(C)CN(C(=O)COc2ccc(Oc3ccccn3)cc2)CCO1. The van der Waals surface area contributed by atoms with Crippen molar-refractivity contribution in [1.82, 2.24) is 9.88 Å². The van der Waals surface area contributed by atoms with Gasteiger partial charge in [0.05, 0.1) is 12.2 Å². The molecule has 1 amide bonds. The Kier molecular flexibility index (Phi) is 5.19. The molecule has 25 heavy (non-hydrogen) atoms. The molecule has 0 N–H and O–H groups in total. The number of hydrogen-bond acceptors (Lipinski definition) is 5. The molecule has 0 spiro atoms. The van der Waals surface area contributed by atoms with Gasteiger partial charge in [0.15, 0.2) is 6.61 Å². The largest absolute Gasteiger partial charge is 0.484 e. The van der Waals surface area contributed by atoms with Crippen molar-refractivity contribution in [2.45, 2.75) is 19.4 Å². The van der Waals surface area contributed by atoms with E-state index in [2.05, 4.69) is 4.98 Å². The van der Waals surface area contributed by atoms with E-state index < -0.39 is 0 Å². The van der Waals surface area contributed by atoms with Crippen LogP contribution in [0.15, 0.2) is 48.7 Å². The third kappa shape index (κ3) is 4.93. The lowest BCUT2D eigenvalue weighted by molar-refractivity contribution is -0.147. The normalized spacial score (nSPS) is 16.3. The Balaban J connectivity index is 1.51. The van der Waals surface area contributed by atoms with Crippen LogP contribution < -0.4 is 9.47 Å². The average molecular weight is 342 g/mol. The van der Waals surface area contributed by atoms with E-state index in [9.17, 15) is 4.79 Å². The molecule has 1 saturated heterocycles. The van der Waals surface area contributed by atoms with Crippen LogP contribution in [0.2, 0.25) is 0 Å². The first-order valence-electron chi connectivity index (χ1n) is 8.25. The number of carbonyl (C=O) groups excluding carboxylic acids is 1. The van der Waals surface area contributed by atoms with Crippen molar-refractivity contribution < 1.29 is 19.0 Å². The molecule has 0 atom stereocenters. The fraction of sp³-hybridized carbons (Fsp3) is 0.368. The zero-order valence-corrected chi connectivity index (χ0v) is 14.5. The second-order valence-corrected chi connectivity index (χ2v) is 6.45. The highest BCUT2D eigenvalue weighted by atomic mass is 16.5. The van der Waals surface area contributed by atoms with E-state index in [1.165, 1.54) is 0 Å². The Morgan fingerprint density at radius 2 is 1.96 bits per heavy atom. The van der Waals surface area contributed by atoms with Gasteiger partial charge in [0.25, 0.3) is 5.91 Å². The summed E-state index contributed by atoms with van der Waals surface area (Å²) in [5.41, 5.74) is -0.307. The summed E-state index contributed by atoms with van der Waals surface area (Å²) < 4.78 is 16.8. The van der Waals surface area contributed by atoms with Gasteiger partial charge >= 0.3 is 0 Å². The van der Waals surface area contributed by atoms with E-state index in [1.807, 2.05) is 26.0 Å². The van der Waals surface area contributed by atoms with Gasteiger partial charge in [-0.25, -0.2) is 4.98 Å². The molecule has 1 aliphatic heterocycles. The maximum Gasteiger partial charge on any atom is 0.260 e. The third-order valence-electron chi connectivity index (χ3n) is 3.82. The molecule has 0 saturated carbocycles. The van der Waals surface area contributed by atoms with Gasteiger partial charge in [0.2, 0.25) is 5.88 Å². The molecule has 6 heteroatoms. The predicted octanol–water partition coefficient (Wildman–Crippen LogP) is 2.89. The highest BCUT2D eigenvalue weighted by Crippen LogP contribution is 2.22. The van der Waals surface area contributed by atoms with Gasteiger partial charge < -0.3 is 19.1 Å². The molecule has 0 bridgehead atoms. The number of pyridine rings is 1. The van der Waals surface area contributed by atoms with Gasteiger partial charge in [-0.2, -0.15) is 0 Å². The first-order valence-corrected chi connectivity index (χ1v) is 8.25. The van der Waals surface area contributed by atoms with Crippen LogP contribution >= 0.6 is 0 Å². The number of rotatable bonds is 5. The zero-order chi connectivity index (χ0) is 17.7. The Bertz CT molecular complexity index is 701. The number of morpholine rings is 1. The minimum Gasteiger partial charge on any atom is -0.484 e. The number of hydrogen-bond donors (Lipinski definition) is 0. The van der Waals surface area contributed by atoms with E-state index in [0.29, 0.717) is 37.1 Å². The third-order valence-corrected chi connectivity index (χ3v) is 3.82. The van der Waals surface area contributed by atoms with Crippen molar-refractivity contribution in [3.8, 4) is 17.4 Å². The van der Waals surface area contributed by atoms with E-state index in [-0.39, 0.29) is 18.1 Å². The maximum absolute atomic E-state index is 12.3. The maximum atomic E-state index is 12.3. The number of ether oxygens (including phenoxy) is 3. The van der Waals surface area contributed by atoms with Gasteiger partial charge in [-0.3, -0.25) is 4.79 Å². The fourth-order valence-corrected chi connectivity index (χ4v) is 2.60. The first-order chi connectivity index (χ1) is 12.0. The second-order valence-electron chi connectivity index (χ2n) is 6.45. The molecular formula is C19H22N2O4. The lowest BCUT2D eigenvalue weighted by Gasteiger charge is -2.38. The second kappa shape index (κ2) is 7.53. The zero-order valence-electron chi connectivity index (χ0n) is 14.5. The quantitative estimate of drug-likeness (QED) is 0.836.